The summed E-state index contributed by atoms with van der Waals surface area (Å²) < 4.78 is 29.5. The Morgan fingerprint density at radius 2 is 1.70 bits per heavy atom. The zero-order valence-electron chi connectivity index (χ0n) is 17.7. The summed E-state index contributed by atoms with van der Waals surface area (Å²) in [5.41, 5.74) is 1.00. The van der Waals surface area contributed by atoms with Gasteiger partial charge in [0.2, 0.25) is 0 Å². The monoisotopic (exact) mass is 417 g/mol. The van der Waals surface area contributed by atoms with Gasteiger partial charge in [0.25, 0.3) is 5.91 Å². The van der Waals surface area contributed by atoms with Gasteiger partial charge in [0, 0.05) is 0 Å². The van der Waals surface area contributed by atoms with Crippen molar-refractivity contribution in [3.63, 3.8) is 0 Å². The van der Waals surface area contributed by atoms with Gasteiger partial charge in [-0.2, -0.15) is 0 Å². The molecule has 7 heteroatoms. The quantitative estimate of drug-likeness (QED) is 0.579. The van der Waals surface area contributed by atoms with Gasteiger partial charge in [-0.25, -0.2) is 9.18 Å². The number of rotatable bonds is 10. The lowest BCUT2D eigenvalue weighted by molar-refractivity contribution is -0.129. The standard InChI is InChI=1S/C23H28FNO5/c1-5-13-29-20-12-9-18(14-21(20)28-6-2)23(27)30-16(4)22(26)25-15(3)17-7-10-19(24)11-8-17/h7-12,14-16H,5-6,13H2,1-4H3,(H,25,26). The highest BCUT2D eigenvalue weighted by Crippen LogP contribution is 2.29. The second-order valence-corrected chi connectivity index (χ2v) is 6.77. The van der Waals surface area contributed by atoms with Crippen LogP contribution in [0.4, 0.5) is 4.39 Å². The molecule has 1 amide bonds. The van der Waals surface area contributed by atoms with Gasteiger partial charge in [-0.1, -0.05) is 19.1 Å². The van der Waals surface area contributed by atoms with E-state index in [-0.39, 0.29) is 17.4 Å². The lowest BCUT2D eigenvalue weighted by atomic mass is 10.1. The number of amides is 1. The van der Waals surface area contributed by atoms with Crippen LogP contribution in [0.5, 0.6) is 11.5 Å². The molecule has 2 atom stereocenters. The maximum atomic E-state index is 13.0. The second-order valence-electron chi connectivity index (χ2n) is 6.77. The molecule has 0 aliphatic rings. The van der Waals surface area contributed by atoms with Crippen LogP contribution in [0.2, 0.25) is 0 Å². The molecule has 6 nitrogen and oxygen atoms in total. The summed E-state index contributed by atoms with van der Waals surface area (Å²) in [7, 11) is 0. The second kappa shape index (κ2) is 11.2. The predicted molar refractivity (Wildman–Crippen MR) is 111 cm³/mol. The van der Waals surface area contributed by atoms with Crippen molar-refractivity contribution in [2.75, 3.05) is 13.2 Å². The molecule has 0 aromatic heterocycles. The minimum Gasteiger partial charge on any atom is -0.490 e. The minimum absolute atomic E-state index is 0.258. The first kappa shape index (κ1) is 23.2. The fraction of sp³-hybridized carbons (Fsp3) is 0.391. The summed E-state index contributed by atoms with van der Waals surface area (Å²) in [6.07, 6.45) is -0.162. The number of benzene rings is 2. The van der Waals surface area contributed by atoms with Gasteiger partial charge in [0.1, 0.15) is 5.82 Å². The van der Waals surface area contributed by atoms with E-state index in [9.17, 15) is 14.0 Å². The van der Waals surface area contributed by atoms with Gasteiger partial charge in [0.15, 0.2) is 17.6 Å². The van der Waals surface area contributed by atoms with Gasteiger partial charge >= 0.3 is 5.97 Å². The van der Waals surface area contributed by atoms with Crippen LogP contribution in [0, 0.1) is 5.82 Å². The molecule has 0 fully saturated rings. The van der Waals surface area contributed by atoms with Crippen molar-refractivity contribution >= 4 is 11.9 Å². The van der Waals surface area contributed by atoms with Crippen LogP contribution in [0.15, 0.2) is 42.5 Å². The first-order valence-electron chi connectivity index (χ1n) is 10.0. The van der Waals surface area contributed by atoms with Gasteiger partial charge in [-0.15, -0.1) is 0 Å². The van der Waals surface area contributed by atoms with Crippen LogP contribution in [-0.4, -0.2) is 31.2 Å². The van der Waals surface area contributed by atoms with Crippen LogP contribution in [0.25, 0.3) is 0 Å². The van der Waals surface area contributed by atoms with Crippen molar-refractivity contribution in [1.82, 2.24) is 5.32 Å². The molecule has 0 spiro atoms. The molecule has 0 saturated carbocycles. The van der Waals surface area contributed by atoms with Gasteiger partial charge in [0.05, 0.1) is 24.8 Å². The van der Waals surface area contributed by atoms with Crippen LogP contribution in [-0.2, 0) is 9.53 Å². The number of hydrogen-bond donors (Lipinski definition) is 1. The van der Waals surface area contributed by atoms with Crippen molar-refractivity contribution in [3.8, 4) is 11.5 Å². The molecule has 0 aliphatic heterocycles. The van der Waals surface area contributed by atoms with Gasteiger partial charge < -0.3 is 19.5 Å². The van der Waals surface area contributed by atoms with Crippen molar-refractivity contribution in [1.29, 1.82) is 0 Å². The van der Waals surface area contributed by atoms with Crippen LogP contribution < -0.4 is 14.8 Å². The molecule has 2 aromatic rings. The lowest BCUT2D eigenvalue weighted by Gasteiger charge is -2.19. The van der Waals surface area contributed by atoms with Crippen LogP contribution in [0.1, 0.15) is 56.1 Å². The largest absolute Gasteiger partial charge is 0.490 e. The fourth-order valence-corrected chi connectivity index (χ4v) is 2.68. The van der Waals surface area contributed by atoms with E-state index in [1.165, 1.54) is 19.1 Å². The molecule has 2 rings (SSSR count). The van der Waals surface area contributed by atoms with E-state index in [0.29, 0.717) is 24.7 Å². The first-order chi connectivity index (χ1) is 14.3. The average molecular weight is 417 g/mol. The Morgan fingerprint density at radius 1 is 1.00 bits per heavy atom. The Balaban J connectivity index is 2.00. The number of carbonyl (C=O) groups excluding carboxylic acids is 2. The summed E-state index contributed by atoms with van der Waals surface area (Å²) >= 11 is 0. The third-order valence-electron chi connectivity index (χ3n) is 4.32. The summed E-state index contributed by atoms with van der Waals surface area (Å²) in [6, 6.07) is 10.2. The molecule has 30 heavy (non-hydrogen) atoms. The molecule has 1 N–H and O–H groups in total. The maximum absolute atomic E-state index is 13.0. The van der Waals surface area contributed by atoms with Crippen LogP contribution in [0.3, 0.4) is 0 Å². The first-order valence-corrected chi connectivity index (χ1v) is 10.0. The fourth-order valence-electron chi connectivity index (χ4n) is 2.68. The third kappa shape index (κ3) is 6.47. The summed E-state index contributed by atoms with van der Waals surface area (Å²) in [4.78, 5) is 24.9. The zero-order valence-corrected chi connectivity index (χ0v) is 17.7. The van der Waals surface area contributed by atoms with Crippen molar-refractivity contribution in [3.05, 3.63) is 59.4 Å². The van der Waals surface area contributed by atoms with E-state index in [0.717, 1.165) is 12.0 Å². The van der Waals surface area contributed by atoms with Gasteiger partial charge in [-0.05, 0) is 63.1 Å². The highest BCUT2D eigenvalue weighted by molar-refractivity contribution is 5.93. The Morgan fingerprint density at radius 3 is 2.33 bits per heavy atom. The Labute approximate surface area is 176 Å². The third-order valence-corrected chi connectivity index (χ3v) is 4.32. The van der Waals surface area contributed by atoms with Crippen molar-refractivity contribution in [2.45, 2.75) is 46.3 Å². The molecular formula is C23H28FNO5. The van der Waals surface area contributed by atoms with E-state index in [1.807, 2.05) is 13.8 Å². The number of hydrogen-bond acceptors (Lipinski definition) is 5. The van der Waals surface area contributed by atoms with E-state index >= 15 is 0 Å². The van der Waals surface area contributed by atoms with E-state index < -0.39 is 18.0 Å². The lowest BCUT2D eigenvalue weighted by Crippen LogP contribution is -2.37. The van der Waals surface area contributed by atoms with Gasteiger partial charge in [-0.3, -0.25) is 4.79 Å². The zero-order chi connectivity index (χ0) is 22.1. The highest BCUT2D eigenvalue weighted by atomic mass is 19.1. The Bertz CT molecular complexity index is 853. The van der Waals surface area contributed by atoms with Crippen molar-refractivity contribution in [2.24, 2.45) is 0 Å². The topological polar surface area (TPSA) is 73.9 Å². The molecular weight excluding hydrogens is 389 g/mol. The molecule has 0 aliphatic carbocycles. The molecule has 0 saturated heterocycles. The number of nitrogens with one attached hydrogen (secondary N) is 1. The summed E-state index contributed by atoms with van der Waals surface area (Å²) in [6.45, 7) is 8.04. The maximum Gasteiger partial charge on any atom is 0.339 e. The highest BCUT2D eigenvalue weighted by Gasteiger charge is 2.22. The van der Waals surface area contributed by atoms with E-state index in [4.69, 9.17) is 14.2 Å². The predicted octanol–water partition coefficient (Wildman–Crippen LogP) is 4.44. The van der Waals surface area contributed by atoms with E-state index in [1.54, 1.807) is 37.3 Å². The molecule has 0 radical (unpaired) electrons. The SMILES string of the molecule is CCCOc1ccc(C(=O)OC(C)C(=O)NC(C)c2ccc(F)cc2)cc1OCC. The summed E-state index contributed by atoms with van der Waals surface area (Å²) in [5.74, 6) is -0.447. The Kier molecular flexibility index (Phi) is 8.65. The van der Waals surface area contributed by atoms with Crippen LogP contribution >= 0.6 is 0 Å². The molecule has 0 heterocycles. The minimum atomic E-state index is -1.01. The number of carbonyl (C=O) groups is 2. The molecule has 2 unspecified atom stereocenters. The summed E-state index contributed by atoms with van der Waals surface area (Å²) in [5, 5.41) is 2.75. The Hall–Kier alpha value is -3.09. The molecule has 2 aromatic carbocycles. The number of ether oxygens (including phenoxy) is 3. The number of esters is 1. The normalized spacial score (nSPS) is 12.6. The van der Waals surface area contributed by atoms with E-state index in [2.05, 4.69) is 5.32 Å². The molecule has 162 valence electrons. The molecule has 0 bridgehead atoms. The average Bonchev–Trinajstić information content (AvgIpc) is 2.73. The smallest absolute Gasteiger partial charge is 0.339 e. The number of halogens is 1. The van der Waals surface area contributed by atoms with Crippen molar-refractivity contribution < 1.29 is 28.2 Å².